The zero-order valence-corrected chi connectivity index (χ0v) is 25.5. The van der Waals surface area contributed by atoms with E-state index in [1.807, 2.05) is 26.8 Å². The van der Waals surface area contributed by atoms with Gasteiger partial charge < -0.3 is 20.1 Å². The fourth-order valence-electron chi connectivity index (χ4n) is 4.42. The maximum atomic E-state index is 14.0. The predicted octanol–water partition coefficient (Wildman–Crippen LogP) is 5.24. The first-order valence-corrected chi connectivity index (χ1v) is 13.7. The molecule has 4 rings (SSSR count). The minimum Gasteiger partial charge on any atom is -0.497 e. The first-order valence-electron chi connectivity index (χ1n) is 13.4. The molecular formula is C31H32ClN7O4. The molecule has 0 aliphatic carbocycles. The average Bonchev–Trinajstić information content (AvgIpc) is 2.98. The van der Waals surface area contributed by atoms with Crippen molar-refractivity contribution >= 4 is 40.3 Å². The minimum absolute atomic E-state index is 0.00222. The van der Waals surface area contributed by atoms with Crippen molar-refractivity contribution in [3.05, 3.63) is 75.3 Å². The summed E-state index contributed by atoms with van der Waals surface area (Å²) in [6.07, 6.45) is 5.21. The zero-order valence-electron chi connectivity index (χ0n) is 24.8. The van der Waals surface area contributed by atoms with Crippen molar-refractivity contribution in [3.63, 3.8) is 0 Å². The molecule has 0 bridgehead atoms. The maximum absolute atomic E-state index is 14.0. The van der Waals surface area contributed by atoms with Crippen molar-refractivity contribution in [1.82, 2.24) is 19.5 Å². The number of pyridine rings is 2. The van der Waals surface area contributed by atoms with Gasteiger partial charge in [-0.1, -0.05) is 38.4 Å². The second-order valence-corrected chi connectivity index (χ2v) is 11.1. The first kappa shape index (κ1) is 31.0. The van der Waals surface area contributed by atoms with Crippen molar-refractivity contribution < 1.29 is 14.3 Å². The minimum atomic E-state index is -0.543. The van der Waals surface area contributed by atoms with Gasteiger partial charge in [-0.25, -0.2) is 9.97 Å². The number of aromatic nitrogens is 4. The molecule has 0 aliphatic heterocycles. The number of amides is 1. The lowest BCUT2D eigenvalue weighted by atomic mass is 9.93. The van der Waals surface area contributed by atoms with Crippen LogP contribution in [-0.4, -0.2) is 46.7 Å². The Bertz CT molecular complexity index is 1820. The fraction of sp³-hybridized carbons (Fsp3) is 0.290. The lowest BCUT2D eigenvalue weighted by Gasteiger charge is -2.16. The Hall–Kier alpha value is -4.95. The molecular weight excluding hydrogens is 570 g/mol. The van der Waals surface area contributed by atoms with E-state index in [0.29, 0.717) is 51.8 Å². The number of fused-ring (bicyclic) bond motifs is 1. The van der Waals surface area contributed by atoms with Crippen LogP contribution >= 0.6 is 11.6 Å². The lowest BCUT2D eigenvalue weighted by molar-refractivity contribution is -0.112. The van der Waals surface area contributed by atoms with Gasteiger partial charge in [0.05, 0.1) is 19.2 Å². The van der Waals surface area contributed by atoms with Crippen LogP contribution in [0, 0.1) is 16.7 Å². The average molecular weight is 602 g/mol. The Morgan fingerprint density at radius 3 is 2.56 bits per heavy atom. The molecule has 0 saturated heterocycles. The molecule has 1 aromatic carbocycles. The Labute approximate surface area is 254 Å². The number of methoxy groups -OCH3 is 2. The summed E-state index contributed by atoms with van der Waals surface area (Å²) in [5.41, 5.74) is 1.35. The van der Waals surface area contributed by atoms with Gasteiger partial charge in [-0.3, -0.25) is 14.2 Å². The van der Waals surface area contributed by atoms with Crippen molar-refractivity contribution in [1.29, 1.82) is 5.26 Å². The van der Waals surface area contributed by atoms with Crippen LogP contribution in [0.3, 0.4) is 0 Å². The summed E-state index contributed by atoms with van der Waals surface area (Å²) in [5.74, 6) is 0.955. The highest BCUT2D eigenvalue weighted by atomic mass is 35.5. The number of carbonyl (C=O) groups is 1. The first-order chi connectivity index (χ1) is 20.5. The zero-order chi connectivity index (χ0) is 31.3. The number of halogens is 1. The van der Waals surface area contributed by atoms with Gasteiger partial charge in [0, 0.05) is 48.6 Å². The highest BCUT2D eigenvalue weighted by Gasteiger charge is 2.20. The lowest BCUT2D eigenvalue weighted by Crippen LogP contribution is -2.24. The molecule has 0 fully saturated rings. The van der Waals surface area contributed by atoms with Gasteiger partial charge in [-0.05, 0) is 41.7 Å². The number of nitrogens with zero attached hydrogens (tertiary/aromatic N) is 5. The van der Waals surface area contributed by atoms with Gasteiger partial charge in [0.25, 0.3) is 11.5 Å². The number of nitrogens with one attached hydrogen (secondary N) is 2. The van der Waals surface area contributed by atoms with Gasteiger partial charge in [0.15, 0.2) is 0 Å². The van der Waals surface area contributed by atoms with E-state index >= 15 is 0 Å². The summed E-state index contributed by atoms with van der Waals surface area (Å²) in [5, 5.41) is 16.0. The smallest absolute Gasteiger partial charge is 0.267 e. The van der Waals surface area contributed by atoms with Gasteiger partial charge in [0.1, 0.15) is 34.6 Å². The van der Waals surface area contributed by atoms with E-state index in [9.17, 15) is 14.9 Å². The second-order valence-electron chi connectivity index (χ2n) is 10.7. The van der Waals surface area contributed by atoms with E-state index in [4.69, 9.17) is 21.1 Å². The number of allylic oxidation sites excluding steroid dienone is 1. The Morgan fingerprint density at radius 1 is 1.14 bits per heavy atom. The molecule has 3 heterocycles. The highest BCUT2D eigenvalue weighted by molar-refractivity contribution is 6.35. The van der Waals surface area contributed by atoms with Crippen LogP contribution in [0.15, 0.2) is 59.2 Å². The maximum Gasteiger partial charge on any atom is 0.267 e. The molecule has 0 radical (unpaired) electrons. The largest absolute Gasteiger partial charge is 0.497 e. The van der Waals surface area contributed by atoms with Crippen LogP contribution in [-0.2, 0) is 17.8 Å². The van der Waals surface area contributed by atoms with Crippen LogP contribution in [0.2, 0.25) is 5.02 Å². The molecule has 0 saturated carbocycles. The Balaban J connectivity index is 1.73. The number of ether oxygens (including phenoxy) is 2. The summed E-state index contributed by atoms with van der Waals surface area (Å²) in [6.45, 7) is 5.95. The number of rotatable bonds is 9. The summed E-state index contributed by atoms with van der Waals surface area (Å²) < 4.78 is 12.4. The normalized spacial score (nSPS) is 11.6. The summed E-state index contributed by atoms with van der Waals surface area (Å²) in [7, 11) is 4.71. The van der Waals surface area contributed by atoms with E-state index in [0.717, 1.165) is 5.56 Å². The molecule has 0 unspecified atom stereocenters. The molecule has 0 atom stereocenters. The third-order valence-corrected chi connectivity index (χ3v) is 6.83. The summed E-state index contributed by atoms with van der Waals surface area (Å²) in [4.78, 5) is 39.9. The van der Waals surface area contributed by atoms with E-state index < -0.39 is 5.91 Å². The van der Waals surface area contributed by atoms with Crippen LogP contribution in [0.25, 0.3) is 22.2 Å². The van der Waals surface area contributed by atoms with Crippen molar-refractivity contribution in [2.24, 2.45) is 5.41 Å². The number of nitriles is 1. The molecule has 0 aliphatic rings. The van der Waals surface area contributed by atoms with Gasteiger partial charge >= 0.3 is 0 Å². The number of aryl methyl sites for hydroxylation is 2. The van der Waals surface area contributed by atoms with E-state index in [-0.39, 0.29) is 28.1 Å². The summed E-state index contributed by atoms with van der Waals surface area (Å²) >= 11 is 6.66. The monoisotopic (exact) mass is 601 g/mol. The van der Waals surface area contributed by atoms with Gasteiger partial charge in [-0.15, -0.1) is 0 Å². The van der Waals surface area contributed by atoms with Crippen LogP contribution in [0.1, 0.15) is 26.3 Å². The Morgan fingerprint density at radius 2 is 1.91 bits per heavy atom. The second kappa shape index (κ2) is 12.9. The van der Waals surface area contributed by atoms with E-state index in [1.54, 1.807) is 60.4 Å². The number of anilines is 2. The van der Waals surface area contributed by atoms with Gasteiger partial charge in [-0.2, -0.15) is 10.2 Å². The molecule has 4 aromatic rings. The molecule has 2 N–H and O–H groups in total. The van der Waals surface area contributed by atoms with Crippen molar-refractivity contribution in [2.45, 2.75) is 33.7 Å². The summed E-state index contributed by atoms with van der Waals surface area (Å²) in [6, 6.07) is 10.5. The predicted molar refractivity (Wildman–Crippen MR) is 167 cm³/mol. The third-order valence-electron chi connectivity index (χ3n) is 6.44. The Kier molecular flexibility index (Phi) is 9.31. The standard InChI is InChI=1S/C31H32ClN7O4/c1-31(2,3)15-20(16-33)28(40)37-25-11-18(7-9-35-25)8-10-39-27-19(17-36-30(34-4)38-27)12-23(29(39)41)22-13-21(42-5)14-24(43-6)26(22)32/h7,9,11-15,17H,8,10H2,1-6H3,(H,34,36,38)(H,35,37,40)/b20-15+. The fourth-order valence-corrected chi connectivity index (χ4v) is 4.71. The molecule has 222 valence electrons. The molecule has 3 aromatic heterocycles. The SMILES string of the molecule is CNc1ncc2cc(-c3cc(OC)cc(OC)c3Cl)c(=O)n(CCc3ccnc(NC(=O)/C(C#N)=C/C(C)(C)C)c3)c2n1. The highest BCUT2D eigenvalue weighted by Crippen LogP contribution is 2.38. The third kappa shape index (κ3) is 7.10. The number of benzene rings is 1. The molecule has 11 nitrogen and oxygen atoms in total. The topological polar surface area (TPSA) is 144 Å². The number of hydrogen-bond acceptors (Lipinski definition) is 9. The number of carbonyl (C=O) groups excluding carboxylic acids is 1. The van der Waals surface area contributed by atoms with Crippen molar-refractivity contribution in [2.75, 3.05) is 31.9 Å². The van der Waals surface area contributed by atoms with Crippen LogP contribution < -0.4 is 25.7 Å². The van der Waals surface area contributed by atoms with Crippen LogP contribution in [0.5, 0.6) is 11.5 Å². The molecule has 0 spiro atoms. The quantitative estimate of drug-likeness (QED) is 0.194. The van der Waals surface area contributed by atoms with Crippen LogP contribution in [0.4, 0.5) is 11.8 Å². The van der Waals surface area contributed by atoms with E-state index in [2.05, 4.69) is 25.6 Å². The molecule has 43 heavy (non-hydrogen) atoms. The van der Waals surface area contributed by atoms with Gasteiger partial charge in [0.2, 0.25) is 5.95 Å². The molecule has 1 amide bonds. The van der Waals surface area contributed by atoms with Crippen molar-refractivity contribution in [3.8, 4) is 28.7 Å². The number of hydrogen-bond donors (Lipinski definition) is 2. The van der Waals surface area contributed by atoms with E-state index in [1.165, 1.54) is 14.2 Å². The molecule has 12 heteroatoms.